The van der Waals surface area contributed by atoms with Crippen molar-refractivity contribution in [2.24, 2.45) is 5.92 Å². The largest absolute Gasteiger partial charge is 0.343 e. The summed E-state index contributed by atoms with van der Waals surface area (Å²) in [6.07, 6.45) is 4.31. The van der Waals surface area contributed by atoms with Crippen LogP contribution in [0.15, 0.2) is 4.79 Å². The first-order chi connectivity index (χ1) is 7.33. The first-order valence-electron chi connectivity index (χ1n) is 5.71. The molecule has 2 N–H and O–H groups in total. The van der Waals surface area contributed by atoms with Gasteiger partial charge in [0.1, 0.15) is 5.82 Å². The molecule has 0 amide bonds. The third kappa shape index (κ3) is 1.84. The van der Waals surface area contributed by atoms with Gasteiger partial charge in [0.15, 0.2) is 0 Å². The minimum atomic E-state index is -0.0292. The average Bonchev–Trinajstić information content (AvgIpc) is 2.81. The Hall–Kier alpha value is -1.10. The summed E-state index contributed by atoms with van der Waals surface area (Å²) in [5, 5.41) is 7.68. The molecule has 1 atom stereocenters. The Balaban J connectivity index is 1.74. The van der Waals surface area contributed by atoms with Gasteiger partial charge in [-0.3, -0.25) is 4.98 Å². The normalized spacial score (nSPS) is 26.0. The maximum Gasteiger partial charge on any atom is 0.343 e. The summed E-state index contributed by atoms with van der Waals surface area (Å²) in [5.74, 6) is 1.50. The van der Waals surface area contributed by atoms with E-state index in [0.717, 1.165) is 38.2 Å². The lowest BCUT2D eigenvalue weighted by Gasteiger charge is -2.03. The second kappa shape index (κ2) is 3.48. The van der Waals surface area contributed by atoms with Gasteiger partial charge in [-0.2, -0.15) is 5.10 Å². The van der Waals surface area contributed by atoms with Crippen LogP contribution in [-0.4, -0.2) is 27.9 Å². The molecule has 1 aliphatic heterocycles. The molecule has 2 heterocycles. The van der Waals surface area contributed by atoms with Crippen molar-refractivity contribution in [3.05, 3.63) is 16.3 Å². The quantitative estimate of drug-likeness (QED) is 0.738. The summed E-state index contributed by atoms with van der Waals surface area (Å²) in [6.45, 7) is 2.15. The Morgan fingerprint density at radius 3 is 2.93 bits per heavy atom. The van der Waals surface area contributed by atoms with E-state index in [4.69, 9.17) is 0 Å². The minimum Gasteiger partial charge on any atom is -0.316 e. The lowest BCUT2D eigenvalue weighted by Crippen LogP contribution is -2.16. The highest BCUT2D eigenvalue weighted by Crippen LogP contribution is 2.32. The molecule has 82 valence electrons. The summed E-state index contributed by atoms with van der Waals surface area (Å²) in [6, 6.07) is 0.379. The van der Waals surface area contributed by atoms with Crippen molar-refractivity contribution in [2.75, 3.05) is 13.1 Å². The number of nitrogens with zero attached hydrogens (tertiary/aromatic N) is 2. The molecule has 5 nitrogen and oxygen atoms in total. The summed E-state index contributed by atoms with van der Waals surface area (Å²) in [7, 11) is 0. The molecule has 0 bridgehead atoms. The molecule has 1 saturated heterocycles. The molecule has 1 unspecified atom stereocenters. The summed E-state index contributed by atoms with van der Waals surface area (Å²) < 4.78 is 1.62. The van der Waals surface area contributed by atoms with Gasteiger partial charge in [0, 0.05) is 6.42 Å². The van der Waals surface area contributed by atoms with Crippen LogP contribution in [0.5, 0.6) is 0 Å². The van der Waals surface area contributed by atoms with Gasteiger partial charge in [-0.15, -0.1) is 0 Å². The van der Waals surface area contributed by atoms with Gasteiger partial charge < -0.3 is 5.32 Å². The third-order valence-corrected chi connectivity index (χ3v) is 3.22. The fourth-order valence-electron chi connectivity index (χ4n) is 2.20. The number of hydrogen-bond donors (Lipinski definition) is 2. The van der Waals surface area contributed by atoms with Crippen LogP contribution in [-0.2, 0) is 6.42 Å². The Bertz CT molecular complexity index is 398. The number of rotatable bonds is 3. The van der Waals surface area contributed by atoms with E-state index in [1.165, 1.54) is 6.42 Å². The van der Waals surface area contributed by atoms with Crippen LogP contribution in [0.1, 0.15) is 31.1 Å². The second-order valence-electron chi connectivity index (χ2n) is 4.62. The zero-order valence-electron chi connectivity index (χ0n) is 8.70. The van der Waals surface area contributed by atoms with Gasteiger partial charge in [-0.25, -0.2) is 9.48 Å². The maximum atomic E-state index is 11.5. The van der Waals surface area contributed by atoms with Crippen LogP contribution in [0.2, 0.25) is 0 Å². The molecular formula is C10H16N4O. The van der Waals surface area contributed by atoms with Gasteiger partial charge in [-0.1, -0.05) is 0 Å². The molecule has 5 heteroatoms. The van der Waals surface area contributed by atoms with Gasteiger partial charge in [0.2, 0.25) is 0 Å². The zero-order valence-corrected chi connectivity index (χ0v) is 8.70. The highest BCUT2D eigenvalue weighted by molar-refractivity contribution is 4.91. The molecule has 2 fully saturated rings. The molecule has 1 aliphatic carbocycles. The number of nitrogens with one attached hydrogen (secondary N) is 2. The Labute approximate surface area is 87.9 Å². The average molecular weight is 208 g/mol. The summed E-state index contributed by atoms with van der Waals surface area (Å²) in [5.41, 5.74) is -0.0292. The van der Waals surface area contributed by atoms with Crippen molar-refractivity contribution in [3.63, 3.8) is 0 Å². The highest BCUT2D eigenvalue weighted by atomic mass is 16.2. The molecule has 0 radical (unpaired) electrons. The fraction of sp³-hybridized carbons (Fsp3) is 0.800. The predicted octanol–water partition coefficient (Wildman–Crippen LogP) is 0.0583. The topological polar surface area (TPSA) is 62.7 Å². The van der Waals surface area contributed by atoms with Crippen molar-refractivity contribution < 1.29 is 0 Å². The van der Waals surface area contributed by atoms with Crippen LogP contribution in [0, 0.1) is 5.92 Å². The molecule has 3 rings (SSSR count). The fourth-order valence-corrected chi connectivity index (χ4v) is 2.20. The van der Waals surface area contributed by atoms with Gasteiger partial charge >= 0.3 is 5.69 Å². The maximum absolute atomic E-state index is 11.5. The van der Waals surface area contributed by atoms with Crippen molar-refractivity contribution in [3.8, 4) is 0 Å². The van der Waals surface area contributed by atoms with Crippen LogP contribution >= 0.6 is 0 Å². The lowest BCUT2D eigenvalue weighted by atomic mass is 10.1. The lowest BCUT2D eigenvalue weighted by molar-refractivity contribution is 0.548. The van der Waals surface area contributed by atoms with E-state index in [2.05, 4.69) is 15.4 Å². The van der Waals surface area contributed by atoms with Gasteiger partial charge in [0.05, 0.1) is 6.04 Å². The number of hydrogen-bond acceptors (Lipinski definition) is 3. The monoisotopic (exact) mass is 208 g/mol. The van der Waals surface area contributed by atoms with Crippen LogP contribution < -0.4 is 11.0 Å². The summed E-state index contributed by atoms with van der Waals surface area (Å²) in [4.78, 5) is 14.4. The Morgan fingerprint density at radius 1 is 1.40 bits per heavy atom. The molecule has 15 heavy (non-hydrogen) atoms. The molecule has 0 spiro atoms. The standard InChI is InChI=1S/C10H16N4O/c15-10-12-9(5-7-3-4-11-6-7)13-14(10)8-1-2-8/h7-8,11H,1-6H2,(H,12,13,15). The van der Waals surface area contributed by atoms with E-state index in [0.29, 0.717) is 12.0 Å². The van der Waals surface area contributed by atoms with Crippen LogP contribution in [0.4, 0.5) is 0 Å². The molecule has 1 aromatic rings. The van der Waals surface area contributed by atoms with Gasteiger partial charge in [-0.05, 0) is 38.3 Å². The molecule has 0 aromatic carbocycles. The van der Waals surface area contributed by atoms with Crippen molar-refractivity contribution in [2.45, 2.75) is 31.7 Å². The van der Waals surface area contributed by atoms with Crippen LogP contribution in [0.3, 0.4) is 0 Å². The Kier molecular flexibility index (Phi) is 2.12. The van der Waals surface area contributed by atoms with E-state index < -0.39 is 0 Å². The Morgan fingerprint density at radius 2 is 2.27 bits per heavy atom. The SMILES string of the molecule is O=c1[nH]c(CC2CCNC2)nn1C1CC1. The van der Waals surface area contributed by atoms with E-state index >= 15 is 0 Å². The summed E-state index contributed by atoms with van der Waals surface area (Å²) >= 11 is 0. The number of aromatic nitrogens is 3. The van der Waals surface area contributed by atoms with Crippen molar-refractivity contribution >= 4 is 0 Å². The van der Waals surface area contributed by atoms with Gasteiger partial charge in [0.25, 0.3) is 0 Å². The first kappa shape index (κ1) is 9.15. The highest BCUT2D eigenvalue weighted by Gasteiger charge is 2.27. The smallest absolute Gasteiger partial charge is 0.316 e. The molecule has 1 saturated carbocycles. The first-order valence-corrected chi connectivity index (χ1v) is 5.71. The second-order valence-corrected chi connectivity index (χ2v) is 4.62. The van der Waals surface area contributed by atoms with Crippen LogP contribution in [0.25, 0.3) is 0 Å². The van der Waals surface area contributed by atoms with E-state index in [9.17, 15) is 4.79 Å². The van der Waals surface area contributed by atoms with Crippen molar-refractivity contribution in [1.82, 2.24) is 20.1 Å². The molecule has 1 aromatic heterocycles. The van der Waals surface area contributed by atoms with E-state index in [-0.39, 0.29) is 5.69 Å². The molecule has 2 aliphatic rings. The van der Waals surface area contributed by atoms with Crippen molar-refractivity contribution in [1.29, 1.82) is 0 Å². The zero-order chi connectivity index (χ0) is 10.3. The van der Waals surface area contributed by atoms with E-state index in [1.54, 1.807) is 4.68 Å². The third-order valence-electron chi connectivity index (χ3n) is 3.22. The van der Waals surface area contributed by atoms with E-state index in [1.807, 2.05) is 0 Å². The number of aromatic amines is 1. The minimum absolute atomic E-state index is 0.0292. The number of H-pyrrole nitrogens is 1. The molecular weight excluding hydrogens is 192 g/mol. The predicted molar refractivity (Wildman–Crippen MR) is 55.8 cm³/mol.